The Morgan fingerprint density at radius 3 is 3.06 bits per heavy atom. The van der Waals surface area contributed by atoms with E-state index in [0.717, 1.165) is 19.3 Å². The molecule has 1 fully saturated rings. The largest absolute Gasteiger partial charge is 0.480 e. The first-order valence-corrected chi connectivity index (χ1v) is 5.61. The predicted octanol–water partition coefficient (Wildman–Crippen LogP) is 1.46. The summed E-state index contributed by atoms with van der Waals surface area (Å²) in [6.45, 7) is 0.620. The lowest BCUT2D eigenvalue weighted by atomic mass is 10.2. The van der Waals surface area contributed by atoms with Gasteiger partial charge in [-0.1, -0.05) is 0 Å². The van der Waals surface area contributed by atoms with E-state index in [1.54, 1.807) is 0 Å². The highest BCUT2D eigenvalue weighted by atomic mass is 16.6. The Morgan fingerprint density at radius 2 is 2.50 bits per heavy atom. The van der Waals surface area contributed by atoms with Gasteiger partial charge in [0.1, 0.15) is 12.4 Å². The van der Waals surface area contributed by atoms with Crippen LogP contribution in [0.1, 0.15) is 31.2 Å². The number of ether oxygens (including phenoxy) is 2. The van der Waals surface area contributed by atoms with Gasteiger partial charge in [0.25, 0.3) is 0 Å². The van der Waals surface area contributed by atoms with E-state index in [1.807, 2.05) is 0 Å². The summed E-state index contributed by atoms with van der Waals surface area (Å²) in [6, 6.07) is 0. The second-order valence-corrected chi connectivity index (χ2v) is 3.95. The number of hydrogen-bond acceptors (Lipinski definition) is 6. The molecule has 0 saturated carbocycles. The van der Waals surface area contributed by atoms with Gasteiger partial charge in [0.05, 0.1) is 12.0 Å². The normalized spacial score (nSPS) is 19.5. The van der Waals surface area contributed by atoms with Gasteiger partial charge in [-0.25, -0.2) is 4.68 Å². The molecule has 1 aromatic heterocycles. The van der Waals surface area contributed by atoms with E-state index < -0.39 is 4.92 Å². The predicted molar refractivity (Wildman–Crippen MR) is 61.6 cm³/mol. The molecule has 0 aromatic carbocycles. The molecule has 1 atom stereocenters. The number of aromatic nitrogens is 2. The molecule has 0 bridgehead atoms. The lowest BCUT2D eigenvalue weighted by Gasteiger charge is -2.22. The molecule has 8 heteroatoms. The van der Waals surface area contributed by atoms with Crippen LogP contribution in [-0.4, -0.2) is 34.3 Å². The number of nitro groups is 1. The first-order chi connectivity index (χ1) is 8.63. The first kappa shape index (κ1) is 12.5. The molecule has 0 radical (unpaired) electrons. The van der Waals surface area contributed by atoms with Crippen LogP contribution in [0.3, 0.4) is 0 Å². The fourth-order valence-electron chi connectivity index (χ4n) is 1.85. The van der Waals surface area contributed by atoms with Crippen molar-refractivity contribution in [3.05, 3.63) is 22.0 Å². The SMILES string of the molecule is COC(=N)c1nn(C2CCCCO2)cc1[N+](=O)[O-]. The van der Waals surface area contributed by atoms with Gasteiger partial charge in [-0.15, -0.1) is 0 Å². The van der Waals surface area contributed by atoms with E-state index in [0.29, 0.717) is 6.61 Å². The third kappa shape index (κ3) is 2.33. The average molecular weight is 254 g/mol. The van der Waals surface area contributed by atoms with E-state index in [2.05, 4.69) is 9.84 Å². The monoisotopic (exact) mass is 254 g/mol. The highest BCUT2D eigenvalue weighted by molar-refractivity contribution is 5.93. The summed E-state index contributed by atoms with van der Waals surface area (Å²) < 4.78 is 11.6. The van der Waals surface area contributed by atoms with Crippen molar-refractivity contribution < 1.29 is 14.4 Å². The zero-order chi connectivity index (χ0) is 13.1. The van der Waals surface area contributed by atoms with Gasteiger partial charge in [0, 0.05) is 6.61 Å². The topological polar surface area (TPSA) is 103 Å². The van der Waals surface area contributed by atoms with Gasteiger partial charge < -0.3 is 9.47 Å². The van der Waals surface area contributed by atoms with Crippen molar-refractivity contribution in [1.82, 2.24) is 9.78 Å². The van der Waals surface area contributed by atoms with Crippen LogP contribution in [0.5, 0.6) is 0 Å². The van der Waals surface area contributed by atoms with Crippen molar-refractivity contribution in [3.63, 3.8) is 0 Å². The summed E-state index contributed by atoms with van der Waals surface area (Å²) in [6.07, 6.45) is 3.74. The maximum Gasteiger partial charge on any atom is 0.320 e. The summed E-state index contributed by atoms with van der Waals surface area (Å²) in [5, 5.41) is 22.4. The molecule has 98 valence electrons. The molecule has 0 amide bonds. The van der Waals surface area contributed by atoms with E-state index in [-0.39, 0.29) is 23.5 Å². The molecule has 8 nitrogen and oxygen atoms in total. The quantitative estimate of drug-likeness (QED) is 0.380. The lowest BCUT2D eigenvalue weighted by molar-refractivity contribution is -0.385. The molecule has 1 N–H and O–H groups in total. The van der Waals surface area contributed by atoms with Crippen LogP contribution in [0.2, 0.25) is 0 Å². The summed E-state index contributed by atoms with van der Waals surface area (Å²) in [7, 11) is 1.28. The standard InChI is InChI=1S/C10H14N4O4/c1-17-10(11)9-7(14(15)16)6-13(12-9)8-4-2-3-5-18-8/h6,8,11H,2-5H2,1H3. The van der Waals surface area contributed by atoms with Crippen LogP contribution in [0.4, 0.5) is 5.69 Å². The van der Waals surface area contributed by atoms with Gasteiger partial charge in [-0.05, 0) is 19.3 Å². The number of methoxy groups -OCH3 is 1. The fourth-order valence-corrected chi connectivity index (χ4v) is 1.85. The molecule has 18 heavy (non-hydrogen) atoms. The molecule has 1 aliphatic heterocycles. The number of rotatable bonds is 3. The van der Waals surface area contributed by atoms with Crippen molar-refractivity contribution in [2.45, 2.75) is 25.5 Å². The first-order valence-electron chi connectivity index (χ1n) is 5.61. The Morgan fingerprint density at radius 1 is 1.72 bits per heavy atom. The minimum absolute atomic E-state index is 0.0725. The average Bonchev–Trinajstić information content (AvgIpc) is 2.84. The van der Waals surface area contributed by atoms with Gasteiger partial charge in [-0.2, -0.15) is 5.10 Å². The number of nitrogens with one attached hydrogen (secondary N) is 1. The minimum Gasteiger partial charge on any atom is -0.480 e. The van der Waals surface area contributed by atoms with Gasteiger partial charge in [0.2, 0.25) is 11.6 Å². The van der Waals surface area contributed by atoms with Gasteiger partial charge in [-0.3, -0.25) is 15.5 Å². The second kappa shape index (κ2) is 5.13. The number of hydrogen-bond donors (Lipinski definition) is 1. The van der Waals surface area contributed by atoms with Crippen LogP contribution in [0.25, 0.3) is 0 Å². The molecular formula is C10H14N4O4. The highest BCUT2D eigenvalue weighted by Gasteiger charge is 2.27. The van der Waals surface area contributed by atoms with Crippen LogP contribution < -0.4 is 0 Å². The van der Waals surface area contributed by atoms with Crippen molar-refractivity contribution in [2.75, 3.05) is 13.7 Å². The Balaban J connectivity index is 2.32. The van der Waals surface area contributed by atoms with Crippen LogP contribution in [0.15, 0.2) is 6.20 Å². The molecule has 0 aliphatic carbocycles. The molecule has 1 aromatic rings. The molecule has 2 heterocycles. The van der Waals surface area contributed by atoms with E-state index in [4.69, 9.17) is 10.1 Å². The Labute approximate surface area is 103 Å². The van der Waals surface area contributed by atoms with Crippen molar-refractivity contribution in [1.29, 1.82) is 5.41 Å². The lowest BCUT2D eigenvalue weighted by Crippen LogP contribution is -2.19. The summed E-state index contributed by atoms with van der Waals surface area (Å²) in [4.78, 5) is 10.3. The van der Waals surface area contributed by atoms with Crippen LogP contribution in [0, 0.1) is 15.5 Å². The van der Waals surface area contributed by atoms with E-state index in [9.17, 15) is 10.1 Å². The molecule has 1 unspecified atom stereocenters. The maximum atomic E-state index is 10.9. The Kier molecular flexibility index (Phi) is 3.56. The summed E-state index contributed by atoms with van der Waals surface area (Å²) in [5.74, 6) is -0.323. The fraction of sp³-hybridized carbons (Fsp3) is 0.600. The Bertz CT molecular complexity index is 464. The third-order valence-electron chi connectivity index (χ3n) is 2.78. The molecule has 1 saturated heterocycles. The van der Waals surface area contributed by atoms with E-state index in [1.165, 1.54) is 18.0 Å². The van der Waals surface area contributed by atoms with Crippen molar-refractivity contribution in [2.24, 2.45) is 0 Å². The highest BCUT2D eigenvalue weighted by Crippen LogP contribution is 2.26. The van der Waals surface area contributed by atoms with E-state index >= 15 is 0 Å². The van der Waals surface area contributed by atoms with Gasteiger partial charge >= 0.3 is 5.69 Å². The van der Waals surface area contributed by atoms with Crippen molar-refractivity contribution in [3.8, 4) is 0 Å². The smallest absolute Gasteiger partial charge is 0.320 e. The third-order valence-corrected chi connectivity index (χ3v) is 2.78. The molecular weight excluding hydrogens is 240 g/mol. The van der Waals surface area contributed by atoms with Crippen molar-refractivity contribution >= 4 is 11.6 Å². The van der Waals surface area contributed by atoms with Crippen LogP contribution >= 0.6 is 0 Å². The number of nitrogens with zero attached hydrogens (tertiary/aromatic N) is 3. The summed E-state index contributed by atoms with van der Waals surface area (Å²) >= 11 is 0. The minimum atomic E-state index is -0.574. The zero-order valence-corrected chi connectivity index (χ0v) is 9.96. The second-order valence-electron chi connectivity index (χ2n) is 3.95. The molecule has 2 rings (SSSR count). The maximum absolute atomic E-state index is 10.9. The van der Waals surface area contributed by atoms with Crippen LogP contribution in [-0.2, 0) is 9.47 Å². The Hall–Kier alpha value is -1.96. The molecule has 0 spiro atoms. The zero-order valence-electron chi connectivity index (χ0n) is 9.96. The molecule has 1 aliphatic rings. The van der Waals surface area contributed by atoms with Gasteiger partial charge in [0.15, 0.2) is 0 Å². The summed E-state index contributed by atoms with van der Waals surface area (Å²) in [5.41, 5.74) is -0.312.